The van der Waals surface area contributed by atoms with Gasteiger partial charge in [0.25, 0.3) is 5.91 Å². The number of methoxy groups -OCH3 is 1. The van der Waals surface area contributed by atoms with Crippen molar-refractivity contribution in [2.75, 3.05) is 54.1 Å². The molecule has 0 saturated carbocycles. The molecule has 7 heteroatoms. The first-order valence-corrected chi connectivity index (χ1v) is 9.01. The van der Waals surface area contributed by atoms with Crippen LogP contribution in [0.1, 0.15) is 22.3 Å². The van der Waals surface area contributed by atoms with E-state index in [4.69, 9.17) is 9.47 Å². The van der Waals surface area contributed by atoms with Gasteiger partial charge in [0.15, 0.2) is 5.96 Å². The maximum absolute atomic E-state index is 11.7. The Labute approximate surface area is 155 Å². The van der Waals surface area contributed by atoms with Gasteiger partial charge in [0, 0.05) is 52.3 Å². The Morgan fingerprint density at radius 1 is 1.38 bits per heavy atom. The van der Waals surface area contributed by atoms with Crippen LogP contribution in [0.15, 0.2) is 29.3 Å². The van der Waals surface area contributed by atoms with Crippen LogP contribution in [0.4, 0.5) is 0 Å². The van der Waals surface area contributed by atoms with E-state index in [1.807, 2.05) is 24.3 Å². The Hall–Kier alpha value is -2.12. The lowest BCUT2D eigenvalue weighted by Crippen LogP contribution is -2.39. The number of rotatable bonds is 8. The minimum absolute atomic E-state index is 0.0768. The van der Waals surface area contributed by atoms with E-state index >= 15 is 0 Å². The highest BCUT2D eigenvalue weighted by Crippen LogP contribution is 2.17. The molecule has 1 saturated heterocycles. The zero-order chi connectivity index (χ0) is 18.8. The molecule has 2 rings (SSSR count). The van der Waals surface area contributed by atoms with Crippen molar-refractivity contribution in [3.63, 3.8) is 0 Å². The third-order valence-corrected chi connectivity index (χ3v) is 4.45. The summed E-state index contributed by atoms with van der Waals surface area (Å²) in [5.41, 5.74) is 1.71. The van der Waals surface area contributed by atoms with Gasteiger partial charge in [-0.15, -0.1) is 0 Å². The number of nitrogens with one attached hydrogen (secondary N) is 2. The average Bonchev–Trinajstić information content (AvgIpc) is 3.14. The fourth-order valence-electron chi connectivity index (χ4n) is 3.03. The van der Waals surface area contributed by atoms with Crippen LogP contribution in [0.5, 0.6) is 0 Å². The second-order valence-electron chi connectivity index (χ2n) is 6.35. The minimum atomic E-state index is -0.0768. The van der Waals surface area contributed by atoms with E-state index in [9.17, 15) is 4.79 Å². The highest BCUT2D eigenvalue weighted by Gasteiger charge is 2.24. The summed E-state index contributed by atoms with van der Waals surface area (Å²) >= 11 is 0. The molecule has 0 aliphatic carbocycles. The van der Waals surface area contributed by atoms with Crippen LogP contribution < -0.4 is 10.6 Å². The summed E-state index contributed by atoms with van der Waals surface area (Å²) in [6, 6.07) is 7.61. The molecule has 2 N–H and O–H groups in total. The summed E-state index contributed by atoms with van der Waals surface area (Å²) in [4.78, 5) is 18.4. The Bertz CT molecular complexity index is 606. The van der Waals surface area contributed by atoms with Crippen LogP contribution in [-0.4, -0.2) is 70.9 Å². The normalized spacial score (nSPS) is 17.4. The van der Waals surface area contributed by atoms with Crippen LogP contribution in [0, 0.1) is 5.92 Å². The Kier molecular flexibility index (Phi) is 8.37. The van der Waals surface area contributed by atoms with Crippen molar-refractivity contribution in [3.8, 4) is 0 Å². The molecule has 1 atom stereocenters. The van der Waals surface area contributed by atoms with E-state index < -0.39 is 0 Å². The smallest absolute Gasteiger partial charge is 0.251 e. The lowest BCUT2D eigenvalue weighted by Gasteiger charge is -2.22. The van der Waals surface area contributed by atoms with Crippen LogP contribution in [0.3, 0.4) is 0 Å². The average molecular weight is 362 g/mol. The van der Waals surface area contributed by atoms with Crippen molar-refractivity contribution in [1.29, 1.82) is 0 Å². The van der Waals surface area contributed by atoms with E-state index in [0.717, 1.165) is 37.6 Å². The molecule has 1 aliphatic rings. The van der Waals surface area contributed by atoms with Gasteiger partial charge in [-0.25, -0.2) is 0 Å². The van der Waals surface area contributed by atoms with Gasteiger partial charge in [0.1, 0.15) is 0 Å². The molecule has 0 bridgehead atoms. The van der Waals surface area contributed by atoms with Gasteiger partial charge in [0.05, 0.1) is 19.8 Å². The third-order valence-electron chi connectivity index (χ3n) is 4.45. The van der Waals surface area contributed by atoms with Gasteiger partial charge in [0.2, 0.25) is 0 Å². The number of amides is 1. The molecule has 1 heterocycles. The number of carbonyl (C=O) groups excluding carboxylic acids is 1. The Morgan fingerprint density at radius 2 is 2.23 bits per heavy atom. The molecule has 1 amide bonds. The predicted octanol–water partition coefficient (Wildman–Crippen LogP) is 1.11. The molecule has 7 nitrogen and oxygen atoms in total. The Morgan fingerprint density at radius 3 is 2.96 bits per heavy atom. The van der Waals surface area contributed by atoms with E-state index in [1.165, 1.54) is 0 Å². The van der Waals surface area contributed by atoms with E-state index in [0.29, 0.717) is 31.2 Å². The molecule has 1 aromatic rings. The number of likely N-dealkylation sites (tertiary alicyclic amines) is 1. The molecular weight excluding hydrogens is 332 g/mol. The second-order valence-corrected chi connectivity index (χ2v) is 6.35. The summed E-state index contributed by atoms with van der Waals surface area (Å²) in [5, 5.41) is 6.04. The van der Waals surface area contributed by atoms with Crippen molar-refractivity contribution in [3.05, 3.63) is 35.4 Å². The number of hydrogen-bond acceptors (Lipinski definition) is 4. The summed E-state index contributed by atoms with van der Waals surface area (Å²) in [6.45, 7) is 4.56. The first-order chi connectivity index (χ1) is 12.7. The number of nitrogens with zero attached hydrogens (tertiary/aromatic N) is 2. The molecule has 144 valence electrons. The lowest BCUT2D eigenvalue weighted by atomic mass is 10.1. The van der Waals surface area contributed by atoms with Crippen molar-refractivity contribution < 1.29 is 14.3 Å². The van der Waals surface area contributed by atoms with Crippen LogP contribution in [0.25, 0.3) is 0 Å². The third kappa shape index (κ3) is 6.00. The van der Waals surface area contributed by atoms with Crippen LogP contribution in [-0.2, 0) is 16.0 Å². The fraction of sp³-hybridized carbons (Fsp3) is 0.579. The predicted molar refractivity (Wildman–Crippen MR) is 102 cm³/mol. The van der Waals surface area contributed by atoms with Crippen LogP contribution in [0.2, 0.25) is 0 Å². The van der Waals surface area contributed by atoms with Gasteiger partial charge in [-0.2, -0.15) is 0 Å². The molecule has 1 fully saturated rings. The topological polar surface area (TPSA) is 75.2 Å². The van der Waals surface area contributed by atoms with Crippen molar-refractivity contribution in [2.45, 2.75) is 13.0 Å². The first kappa shape index (κ1) is 20.2. The van der Waals surface area contributed by atoms with Gasteiger partial charge >= 0.3 is 0 Å². The summed E-state index contributed by atoms with van der Waals surface area (Å²) in [7, 11) is 5.12. The highest BCUT2D eigenvalue weighted by molar-refractivity contribution is 5.94. The van der Waals surface area contributed by atoms with Crippen molar-refractivity contribution in [1.82, 2.24) is 15.5 Å². The monoisotopic (exact) mass is 362 g/mol. The van der Waals surface area contributed by atoms with Gasteiger partial charge in [-0.05, 0) is 24.1 Å². The highest BCUT2D eigenvalue weighted by atomic mass is 16.5. The Balaban J connectivity index is 1.82. The maximum atomic E-state index is 11.7. The largest absolute Gasteiger partial charge is 0.382 e. The number of ether oxygens (including phenoxy) is 2. The molecular formula is C19H30N4O3. The summed E-state index contributed by atoms with van der Waals surface area (Å²) in [5.74, 6) is 1.32. The van der Waals surface area contributed by atoms with E-state index in [1.54, 1.807) is 21.2 Å². The maximum Gasteiger partial charge on any atom is 0.251 e. The number of hydrogen-bond donors (Lipinski definition) is 2. The SMILES string of the molecule is CN=C(NCc1cccc(C(=O)NC)c1)N1CCC(COCCOC)C1. The van der Waals surface area contributed by atoms with Crippen LogP contribution >= 0.6 is 0 Å². The molecule has 26 heavy (non-hydrogen) atoms. The van der Waals surface area contributed by atoms with Gasteiger partial charge in [-0.3, -0.25) is 9.79 Å². The molecule has 1 aliphatic heterocycles. The quantitative estimate of drug-likeness (QED) is 0.412. The second kappa shape index (κ2) is 10.8. The molecule has 1 aromatic carbocycles. The lowest BCUT2D eigenvalue weighted by molar-refractivity contribution is 0.0536. The molecule has 0 radical (unpaired) electrons. The zero-order valence-electron chi connectivity index (χ0n) is 16.0. The summed E-state index contributed by atoms with van der Waals surface area (Å²) < 4.78 is 10.6. The summed E-state index contributed by atoms with van der Waals surface area (Å²) in [6.07, 6.45) is 1.10. The number of carbonyl (C=O) groups is 1. The first-order valence-electron chi connectivity index (χ1n) is 9.01. The van der Waals surface area contributed by atoms with Crippen molar-refractivity contribution >= 4 is 11.9 Å². The van der Waals surface area contributed by atoms with Crippen molar-refractivity contribution in [2.24, 2.45) is 10.9 Å². The van der Waals surface area contributed by atoms with Gasteiger partial charge in [-0.1, -0.05) is 12.1 Å². The minimum Gasteiger partial charge on any atom is -0.382 e. The molecule has 0 aromatic heterocycles. The molecule has 1 unspecified atom stereocenters. The number of guanidine groups is 1. The van der Waals surface area contributed by atoms with E-state index in [-0.39, 0.29) is 5.91 Å². The fourth-order valence-corrected chi connectivity index (χ4v) is 3.03. The van der Waals surface area contributed by atoms with Gasteiger partial charge < -0.3 is 25.0 Å². The standard InChI is InChI=1S/C19H30N4O3/c1-20-18(24)17-6-4-5-15(11-17)12-22-19(21-2)23-8-7-16(13-23)14-26-10-9-25-3/h4-6,11,16H,7-10,12-14H2,1-3H3,(H,20,24)(H,21,22). The molecule has 0 spiro atoms. The number of benzene rings is 1. The van der Waals surface area contributed by atoms with E-state index in [2.05, 4.69) is 20.5 Å². The zero-order valence-corrected chi connectivity index (χ0v) is 16.0. The number of aliphatic imine (C=N–C) groups is 1.